The predicted octanol–water partition coefficient (Wildman–Crippen LogP) is 3.41. The van der Waals surface area contributed by atoms with Crippen LogP contribution in [-0.2, 0) is 0 Å². The molecule has 0 radical (unpaired) electrons. The monoisotopic (exact) mass is 232 g/mol. The fourth-order valence-corrected chi connectivity index (χ4v) is 3.13. The molecular formula is C16H12N2. The van der Waals surface area contributed by atoms with Gasteiger partial charge in [0.1, 0.15) is 0 Å². The minimum atomic E-state index is 0.288. The molecule has 1 aromatic heterocycles. The number of rotatable bonds is 1. The Morgan fingerprint density at radius 1 is 1.22 bits per heavy atom. The molecule has 0 bridgehead atoms. The van der Waals surface area contributed by atoms with E-state index in [1.807, 2.05) is 18.5 Å². The quantitative estimate of drug-likeness (QED) is 0.755. The second-order valence-corrected chi connectivity index (χ2v) is 5.23. The van der Waals surface area contributed by atoms with E-state index < -0.39 is 0 Å². The van der Waals surface area contributed by atoms with Gasteiger partial charge in [-0.1, -0.05) is 18.2 Å². The maximum Gasteiger partial charge on any atom is 0.0665 e. The Morgan fingerprint density at radius 2 is 2.17 bits per heavy atom. The van der Waals surface area contributed by atoms with Crippen LogP contribution in [0.5, 0.6) is 0 Å². The topological polar surface area (TPSA) is 36.7 Å². The van der Waals surface area contributed by atoms with Crippen LogP contribution < -0.4 is 0 Å². The van der Waals surface area contributed by atoms with Crippen LogP contribution in [0.3, 0.4) is 0 Å². The number of aromatic nitrogens is 1. The summed E-state index contributed by atoms with van der Waals surface area (Å²) in [6.45, 7) is 0. The third-order valence-corrected chi connectivity index (χ3v) is 4.24. The Morgan fingerprint density at radius 3 is 2.94 bits per heavy atom. The van der Waals surface area contributed by atoms with Gasteiger partial charge >= 0.3 is 0 Å². The molecule has 86 valence electrons. The molecule has 0 amide bonds. The van der Waals surface area contributed by atoms with Crippen molar-refractivity contribution in [3.8, 4) is 6.07 Å². The number of allylic oxidation sites excluding steroid dienone is 2. The van der Waals surface area contributed by atoms with Gasteiger partial charge in [-0.05, 0) is 46.9 Å². The first-order valence-corrected chi connectivity index (χ1v) is 6.31. The summed E-state index contributed by atoms with van der Waals surface area (Å²) in [5.41, 5.74) is 2.70. The summed E-state index contributed by atoms with van der Waals surface area (Å²) in [7, 11) is 0. The van der Waals surface area contributed by atoms with Crippen LogP contribution in [0.1, 0.15) is 12.0 Å². The van der Waals surface area contributed by atoms with Gasteiger partial charge in [-0.3, -0.25) is 4.98 Å². The van der Waals surface area contributed by atoms with E-state index in [-0.39, 0.29) is 5.92 Å². The summed E-state index contributed by atoms with van der Waals surface area (Å²) in [5.74, 6) is 1.40. The zero-order valence-corrected chi connectivity index (χ0v) is 9.88. The number of nitriles is 1. The molecule has 0 spiro atoms. The lowest BCUT2D eigenvalue weighted by Crippen LogP contribution is -1.88. The predicted molar refractivity (Wildman–Crippen MR) is 70.4 cm³/mol. The van der Waals surface area contributed by atoms with Crippen molar-refractivity contribution in [2.75, 3.05) is 0 Å². The molecule has 3 atom stereocenters. The normalized spacial score (nSPS) is 28.6. The lowest BCUT2D eigenvalue weighted by molar-refractivity contribution is 0.829. The van der Waals surface area contributed by atoms with E-state index >= 15 is 0 Å². The van der Waals surface area contributed by atoms with Gasteiger partial charge in [-0.2, -0.15) is 5.26 Å². The lowest BCUT2D eigenvalue weighted by atomic mass is 9.99. The molecule has 1 saturated carbocycles. The molecule has 0 saturated heterocycles. The zero-order chi connectivity index (χ0) is 12.1. The van der Waals surface area contributed by atoms with Gasteiger partial charge in [-0.25, -0.2) is 0 Å². The maximum absolute atomic E-state index is 8.92. The van der Waals surface area contributed by atoms with Crippen LogP contribution in [0, 0.1) is 29.1 Å². The number of hydrogen-bond donors (Lipinski definition) is 0. The Hall–Kier alpha value is -2.14. The van der Waals surface area contributed by atoms with Gasteiger partial charge in [0.15, 0.2) is 0 Å². The molecule has 1 fully saturated rings. The van der Waals surface area contributed by atoms with Gasteiger partial charge in [0.25, 0.3) is 0 Å². The Balaban J connectivity index is 1.73. The molecule has 2 nitrogen and oxygen atoms in total. The number of nitrogens with zero attached hydrogens (tertiary/aromatic N) is 2. The standard InChI is InChI=1S/C16H12N2/c17-8-16-14-6-12(7-15(14)16)11-2-1-10-3-4-18-9-13(10)5-11/h1-6,9,14-16H,7H2/t14?,15-,16-/m1/s1. The van der Waals surface area contributed by atoms with Crippen LogP contribution in [0.15, 0.2) is 42.7 Å². The number of fused-ring (bicyclic) bond motifs is 2. The van der Waals surface area contributed by atoms with Crippen molar-refractivity contribution in [2.24, 2.45) is 17.8 Å². The highest BCUT2D eigenvalue weighted by atomic mass is 14.6. The summed E-state index contributed by atoms with van der Waals surface area (Å²) in [6, 6.07) is 11.0. The number of hydrogen-bond acceptors (Lipinski definition) is 2. The third kappa shape index (κ3) is 1.31. The van der Waals surface area contributed by atoms with E-state index in [9.17, 15) is 0 Å². The van der Waals surface area contributed by atoms with Gasteiger partial charge in [0.05, 0.1) is 12.0 Å². The summed E-state index contributed by atoms with van der Waals surface area (Å²) >= 11 is 0. The first-order chi connectivity index (χ1) is 8.86. The molecule has 4 rings (SSSR count). The van der Waals surface area contributed by atoms with Crippen LogP contribution >= 0.6 is 0 Å². The third-order valence-electron chi connectivity index (χ3n) is 4.24. The number of benzene rings is 1. The van der Waals surface area contributed by atoms with Crippen LogP contribution in [0.4, 0.5) is 0 Å². The first kappa shape index (κ1) is 9.85. The Labute approximate surface area is 106 Å². The van der Waals surface area contributed by atoms with E-state index in [4.69, 9.17) is 5.26 Å². The SMILES string of the molecule is N#C[C@@H]1C2C=C(c3ccc4ccncc4c3)C[C@H]21. The zero-order valence-electron chi connectivity index (χ0n) is 9.88. The summed E-state index contributed by atoms with van der Waals surface area (Å²) in [6.07, 6.45) is 7.10. The number of pyridine rings is 1. The molecule has 2 aliphatic rings. The van der Waals surface area contributed by atoms with E-state index in [1.54, 1.807) is 0 Å². The van der Waals surface area contributed by atoms with Gasteiger partial charge < -0.3 is 0 Å². The van der Waals surface area contributed by atoms with Crippen molar-refractivity contribution >= 4 is 16.3 Å². The first-order valence-electron chi connectivity index (χ1n) is 6.31. The van der Waals surface area contributed by atoms with Crippen molar-refractivity contribution < 1.29 is 0 Å². The lowest BCUT2D eigenvalue weighted by Gasteiger charge is -2.06. The van der Waals surface area contributed by atoms with Crippen LogP contribution in [0.25, 0.3) is 16.3 Å². The Kier molecular flexibility index (Phi) is 1.87. The molecule has 2 heteroatoms. The van der Waals surface area contributed by atoms with Crippen molar-refractivity contribution in [1.29, 1.82) is 5.26 Å². The van der Waals surface area contributed by atoms with E-state index in [0.29, 0.717) is 11.8 Å². The molecule has 2 aromatic rings. The largest absolute Gasteiger partial charge is 0.264 e. The van der Waals surface area contributed by atoms with Crippen molar-refractivity contribution in [3.05, 3.63) is 48.3 Å². The molecule has 1 aromatic carbocycles. The fraction of sp³-hybridized carbons (Fsp3) is 0.250. The molecule has 0 aliphatic heterocycles. The fourth-order valence-electron chi connectivity index (χ4n) is 3.13. The average Bonchev–Trinajstić information content (AvgIpc) is 2.90. The highest BCUT2D eigenvalue weighted by molar-refractivity contribution is 5.86. The van der Waals surface area contributed by atoms with E-state index in [0.717, 1.165) is 6.42 Å². The van der Waals surface area contributed by atoms with E-state index in [2.05, 4.69) is 35.3 Å². The summed E-state index contributed by atoms with van der Waals surface area (Å²) < 4.78 is 0. The summed E-state index contributed by atoms with van der Waals surface area (Å²) in [4.78, 5) is 4.17. The van der Waals surface area contributed by atoms with Crippen molar-refractivity contribution in [3.63, 3.8) is 0 Å². The van der Waals surface area contributed by atoms with Gasteiger partial charge in [-0.15, -0.1) is 0 Å². The molecule has 1 heterocycles. The minimum absolute atomic E-state index is 0.288. The highest BCUT2D eigenvalue weighted by Crippen LogP contribution is 2.57. The van der Waals surface area contributed by atoms with E-state index in [1.165, 1.54) is 21.9 Å². The van der Waals surface area contributed by atoms with Crippen LogP contribution in [0.2, 0.25) is 0 Å². The molecule has 0 N–H and O–H groups in total. The second kappa shape index (κ2) is 3.43. The molecule has 18 heavy (non-hydrogen) atoms. The molecular weight excluding hydrogens is 220 g/mol. The van der Waals surface area contributed by atoms with Crippen LogP contribution in [-0.4, -0.2) is 4.98 Å². The van der Waals surface area contributed by atoms with Crippen molar-refractivity contribution in [1.82, 2.24) is 4.98 Å². The average molecular weight is 232 g/mol. The molecule has 2 aliphatic carbocycles. The highest BCUT2D eigenvalue weighted by Gasteiger charge is 2.52. The van der Waals surface area contributed by atoms with Gasteiger partial charge in [0, 0.05) is 17.8 Å². The summed E-state index contributed by atoms with van der Waals surface area (Å²) in [5, 5.41) is 11.3. The second-order valence-electron chi connectivity index (χ2n) is 5.23. The molecule has 1 unspecified atom stereocenters. The smallest absolute Gasteiger partial charge is 0.0665 e. The minimum Gasteiger partial charge on any atom is -0.264 e. The van der Waals surface area contributed by atoms with Gasteiger partial charge in [0.2, 0.25) is 0 Å². The maximum atomic E-state index is 8.92. The van der Waals surface area contributed by atoms with Crippen molar-refractivity contribution in [2.45, 2.75) is 6.42 Å². The Bertz CT molecular complexity index is 708.